The maximum Gasteiger partial charge on any atom is 0.239 e. The number of carbonyl (C=O) groups excluding carboxylic acids is 1. The summed E-state index contributed by atoms with van der Waals surface area (Å²) in [6, 6.07) is 6.71. The molecule has 2 saturated heterocycles. The van der Waals surface area contributed by atoms with Gasteiger partial charge in [-0.1, -0.05) is 32.0 Å². The molecule has 0 radical (unpaired) electrons. The molecule has 0 aromatic heterocycles. The highest BCUT2D eigenvalue weighted by Crippen LogP contribution is 2.21. The van der Waals surface area contributed by atoms with Crippen molar-refractivity contribution < 1.29 is 4.79 Å². The van der Waals surface area contributed by atoms with Crippen molar-refractivity contribution in [1.29, 1.82) is 0 Å². The van der Waals surface area contributed by atoms with Crippen LogP contribution in [0, 0.1) is 0 Å². The van der Waals surface area contributed by atoms with Crippen LogP contribution in [-0.4, -0.2) is 54.0 Å². The number of likely N-dealkylation sites (tertiary alicyclic amines) is 2. The van der Waals surface area contributed by atoms with Gasteiger partial charge >= 0.3 is 0 Å². The van der Waals surface area contributed by atoms with Crippen molar-refractivity contribution in [2.24, 2.45) is 5.73 Å². The lowest BCUT2D eigenvalue weighted by molar-refractivity contribution is -0.139. The molecule has 4 nitrogen and oxygen atoms in total. The first-order chi connectivity index (χ1) is 11.6. The van der Waals surface area contributed by atoms with E-state index in [0.717, 1.165) is 25.9 Å². The van der Waals surface area contributed by atoms with Gasteiger partial charge in [0.05, 0.1) is 6.04 Å². The molecule has 0 spiro atoms. The summed E-state index contributed by atoms with van der Waals surface area (Å²) in [5.74, 6) is 0.114. The third-order valence-electron chi connectivity index (χ3n) is 5.64. The molecule has 2 aliphatic rings. The number of carbonyl (C=O) groups is 1. The molecule has 2 heterocycles. The Morgan fingerprint density at radius 2 is 1.83 bits per heavy atom. The van der Waals surface area contributed by atoms with E-state index in [0.29, 0.717) is 12.5 Å². The molecule has 1 atom stereocenters. The summed E-state index contributed by atoms with van der Waals surface area (Å²) < 4.78 is 0. The van der Waals surface area contributed by atoms with Crippen molar-refractivity contribution in [3.05, 3.63) is 34.9 Å². The van der Waals surface area contributed by atoms with Gasteiger partial charge in [0.1, 0.15) is 0 Å². The van der Waals surface area contributed by atoms with Crippen molar-refractivity contribution in [2.75, 3.05) is 26.2 Å². The van der Waals surface area contributed by atoms with E-state index < -0.39 is 6.04 Å². The van der Waals surface area contributed by atoms with Crippen LogP contribution in [0.3, 0.4) is 0 Å². The minimum absolute atomic E-state index is 0.114. The molecule has 2 fully saturated rings. The lowest BCUT2D eigenvalue weighted by Gasteiger charge is -2.45. The third kappa shape index (κ3) is 3.65. The minimum Gasteiger partial charge on any atom is -0.338 e. The van der Waals surface area contributed by atoms with Gasteiger partial charge < -0.3 is 10.6 Å². The summed E-state index contributed by atoms with van der Waals surface area (Å²) in [7, 11) is 0. The lowest BCUT2D eigenvalue weighted by Crippen LogP contribution is -2.63. The first kappa shape index (κ1) is 17.4. The van der Waals surface area contributed by atoms with E-state index in [2.05, 4.69) is 36.9 Å². The van der Waals surface area contributed by atoms with E-state index in [9.17, 15) is 4.79 Å². The Kier molecular flexibility index (Phi) is 5.57. The quantitative estimate of drug-likeness (QED) is 0.868. The van der Waals surface area contributed by atoms with Crippen LogP contribution in [0.15, 0.2) is 18.2 Å². The number of nitrogens with zero attached hydrogens (tertiary/aromatic N) is 2. The first-order valence-electron chi connectivity index (χ1n) is 9.51. The SMILES string of the molecule is CCc1ccc(C[C@@H](N)C(=O)N2CC(N3CCCC3)C2)cc1CC. The molecule has 0 saturated carbocycles. The van der Waals surface area contributed by atoms with E-state index in [1.54, 1.807) is 0 Å². The predicted molar refractivity (Wildman–Crippen MR) is 98.1 cm³/mol. The second kappa shape index (κ2) is 7.66. The Morgan fingerprint density at radius 1 is 1.17 bits per heavy atom. The Morgan fingerprint density at radius 3 is 2.46 bits per heavy atom. The highest BCUT2D eigenvalue weighted by Gasteiger charge is 2.37. The van der Waals surface area contributed by atoms with Gasteiger partial charge in [0.25, 0.3) is 0 Å². The van der Waals surface area contributed by atoms with Crippen LogP contribution in [0.5, 0.6) is 0 Å². The van der Waals surface area contributed by atoms with Crippen LogP contribution in [0.1, 0.15) is 43.4 Å². The van der Waals surface area contributed by atoms with Gasteiger partial charge in [0.2, 0.25) is 5.91 Å². The minimum atomic E-state index is -0.415. The molecule has 2 N–H and O–H groups in total. The largest absolute Gasteiger partial charge is 0.338 e. The van der Waals surface area contributed by atoms with Crippen LogP contribution in [0.4, 0.5) is 0 Å². The zero-order valence-corrected chi connectivity index (χ0v) is 15.1. The molecule has 1 aromatic rings. The van der Waals surface area contributed by atoms with Crippen molar-refractivity contribution in [2.45, 2.75) is 58.0 Å². The van der Waals surface area contributed by atoms with Gasteiger partial charge in [-0.2, -0.15) is 0 Å². The van der Waals surface area contributed by atoms with E-state index >= 15 is 0 Å². The number of benzene rings is 1. The van der Waals surface area contributed by atoms with E-state index in [1.165, 1.54) is 42.6 Å². The number of rotatable bonds is 6. The standard InChI is InChI=1S/C20H31N3O/c1-3-16-8-7-15(11-17(16)4-2)12-19(21)20(24)23-13-18(14-23)22-9-5-6-10-22/h7-8,11,18-19H,3-6,9-10,12-14,21H2,1-2H3/t19-/m1/s1. The number of amides is 1. The average Bonchev–Trinajstić information content (AvgIpc) is 3.07. The fourth-order valence-electron chi connectivity index (χ4n) is 4.03. The number of hydrogen-bond donors (Lipinski definition) is 1. The van der Waals surface area contributed by atoms with Crippen molar-refractivity contribution in [3.63, 3.8) is 0 Å². The Hall–Kier alpha value is -1.39. The van der Waals surface area contributed by atoms with E-state index in [4.69, 9.17) is 5.73 Å². The van der Waals surface area contributed by atoms with Crippen molar-refractivity contribution in [3.8, 4) is 0 Å². The normalized spacial score (nSPS) is 20.2. The molecule has 2 aliphatic heterocycles. The molecule has 132 valence electrons. The number of nitrogens with two attached hydrogens (primary N) is 1. The average molecular weight is 329 g/mol. The highest BCUT2D eigenvalue weighted by molar-refractivity contribution is 5.82. The van der Waals surface area contributed by atoms with Crippen LogP contribution < -0.4 is 5.73 Å². The van der Waals surface area contributed by atoms with Gasteiger partial charge in [0, 0.05) is 19.1 Å². The molecule has 0 aliphatic carbocycles. The monoisotopic (exact) mass is 329 g/mol. The maximum atomic E-state index is 12.6. The van der Waals surface area contributed by atoms with Crippen LogP contribution in [0.2, 0.25) is 0 Å². The summed E-state index contributed by atoms with van der Waals surface area (Å²) in [6.45, 7) is 8.49. The molecule has 0 bridgehead atoms. The summed E-state index contributed by atoms with van der Waals surface area (Å²) in [4.78, 5) is 17.0. The Balaban J connectivity index is 1.53. The van der Waals surface area contributed by atoms with Crippen LogP contribution in [0.25, 0.3) is 0 Å². The molecule has 0 unspecified atom stereocenters. The molecule has 4 heteroatoms. The summed E-state index contributed by atoms with van der Waals surface area (Å²) >= 11 is 0. The molecular formula is C20H31N3O. The third-order valence-corrected chi connectivity index (χ3v) is 5.64. The molecule has 1 amide bonds. The summed E-state index contributed by atoms with van der Waals surface area (Å²) in [6.07, 6.45) is 5.33. The van der Waals surface area contributed by atoms with Crippen molar-refractivity contribution in [1.82, 2.24) is 9.80 Å². The van der Waals surface area contributed by atoms with Gasteiger partial charge in [-0.3, -0.25) is 9.69 Å². The van der Waals surface area contributed by atoms with Crippen molar-refractivity contribution >= 4 is 5.91 Å². The van der Waals surface area contributed by atoms with Gasteiger partial charge in [-0.05, 0) is 61.9 Å². The predicted octanol–water partition coefficient (Wildman–Crippen LogP) is 1.99. The highest BCUT2D eigenvalue weighted by atomic mass is 16.2. The molecule has 3 rings (SSSR count). The second-order valence-electron chi connectivity index (χ2n) is 7.26. The topological polar surface area (TPSA) is 49.6 Å². The fourth-order valence-corrected chi connectivity index (χ4v) is 4.03. The lowest BCUT2D eigenvalue weighted by atomic mass is 9.96. The van der Waals surface area contributed by atoms with E-state index in [-0.39, 0.29) is 5.91 Å². The second-order valence-corrected chi connectivity index (χ2v) is 7.26. The number of hydrogen-bond acceptors (Lipinski definition) is 3. The molecular weight excluding hydrogens is 298 g/mol. The first-order valence-corrected chi connectivity index (χ1v) is 9.51. The molecule has 1 aromatic carbocycles. The van der Waals surface area contributed by atoms with Gasteiger partial charge in [-0.25, -0.2) is 0 Å². The van der Waals surface area contributed by atoms with Crippen LogP contribution in [-0.2, 0) is 24.1 Å². The Labute approximate surface area is 146 Å². The Bertz CT molecular complexity index is 574. The summed E-state index contributed by atoms with van der Waals surface area (Å²) in [5.41, 5.74) is 10.2. The fraction of sp³-hybridized carbons (Fsp3) is 0.650. The van der Waals surface area contributed by atoms with Gasteiger partial charge in [0.15, 0.2) is 0 Å². The maximum absolute atomic E-state index is 12.6. The van der Waals surface area contributed by atoms with E-state index in [1.807, 2.05) is 4.90 Å². The smallest absolute Gasteiger partial charge is 0.239 e. The number of aryl methyl sites for hydroxylation is 2. The summed E-state index contributed by atoms with van der Waals surface area (Å²) in [5, 5.41) is 0. The molecule has 24 heavy (non-hydrogen) atoms. The zero-order valence-electron chi connectivity index (χ0n) is 15.1. The van der Waals surface area contributed by atoms with Gasteiger partial charge in [-0.15, -0.1) is 0 Å². The van der Waals surface area contributed by atoms with Crippen LogP contribution >= 0.6 is 0 Å². The zero-order chi connectivity index (χ0) is 17.1.